The van der Waals surface area contributed by atoms with Crippen LogP contribution in [0.25, 0.3) is 0 Å². The van der Waals surface area contributed by atoms with E-state index in [1.165, 1.54) is 193 Å². The highest BCUT2D eigenvalue weighted by atomic mass is 31.2. The van der Waals surface area contributed by atoms with Gasteiger partial charge < -0.3 is 19.8 Å². The number of phosphoric acid groups is 1. The Bertz CT molecular complexity index is 989. The molecule has 0 spiro atoms. The summed E-state index contributed by atoms with van der Waals surface area (Å²) in [4.78, 5) is 23.3. The van der Waals surface area contributed by atoms with Crippen molar-refractivity contribution >= 4 is 13.7 Å². The molecule has 0 heterocycles. The quantitative estimate of drug-likeness (QED) is 0.0243. The van der Waals surface area contributed by atoms with Gasteiger partial charge in [-0.3, -0.25) is 13.8 Å². The van der Waals surface area contributed by atoms with Crippen LogP contribution in [0.3, 0.4) is 0 Å². The molecule has 0 aliphatic carbocycles. The fraction of sp³-hybridized carbons (Fsp3) is 0.941. The standard InChI is InChI=1S/C51H103N2O6P/c1-6-8-10-12-14-16-18-20-22-24-26-28-30-32-34-36-38-40-42-44-50(54)49(48-59-60(56,57)58-47-46-53(3,4)5)52-51(55)45-43-41-39-37-35-33-31-29-27-25-23-21-19-17-15-13-11-9-7-2/h21,23,49-50,54H,6-20,22,24-48H2,1-5H3,(H-,52,55,56,57)/p+1/b23-21-. The third kappa shape index (κ3) is 45.3. The summed E-state index contributed by atoms with van der Waals surface area (Å²) in [5.41, 5.74) is 0. The van der Waals surface area contributed by atoms with Gasteiger partial charge in [0.05, 0.1) is 39.9 Å². The molecule has 3 unspecified atom stereocenters. The smallest absolute Gasteiger partial charge is 0.391 e. The van der Waals surface area contributed by atoms with Crippen LogP contribution in [0.2, 0.25) is 0 Å². The van der Waals surface area contributed by atoms with E-state index in [4.69, 9.17) is 9.05 Å². The zero-order chi connectivity index (χ0) is 44.3. The lowest BCUT2D eigenvalue weighted by Crippen LogP contribution is -2.46. The third-order valence-electron chi connectivity index (χ3n) is 12.0. The lowest BCUT2D eigenvalue weighted by molar-refractivity contribution is -0.870. The van der Waals surface area contributed by atoms with Crippen molar-refractivity contribution in [3.63, 3.8) is 0 Å². The molecule has 3 atom stereocenters. The summed E-state index contributed by atoms with van der Waals surface area (Å²) < 4.78 is 23.7. The second-order valence-electron chi connectivity index (χ2n) is 19.3. The van der Waals surface area contributed by atoms with Crippen LogP contribution in [0.1, 0.15) is 258 Å². The number of aliphatic hydroxyl groups is 1. The first kappa shape index (κ1) is 59.2. The molecule has 0 aromatic rings. The monoisotopic (exact) mass is 872 g/mol. The molecular formula is C51H104N2O6P+. The minimum absolute atomic E-state index is 0.0766. The van der Waals surface area contributed by atoms with Gasteiger partial charge in [0.2, 0.25) is 5.91 Å². The van der Waals surface area contributed by atoms with Crippen LogP contribution >= 0.6 is 7.82 Å². The number of nitrogens with one attached hydrogen (secondary N) is 1. The normalized spacial score (nSPS) is 14.2. The molecule has 1 amide bonds. The van der Waals surface area contributed by atoms with Crippen LogP contribution in [0.5, 0.6) is 0 Å². The van der Waals surface area contributed by atoms with Gasteiger partial charge in [0.15, 0.2) is 0 Å². The molecule has 0 rings (SSSR count). The van der Waals surface area contributed by atoms with Crippen LogP contribution in [-0.4, -0.2) is 73.4 Å². The van der Waals surface area contributed by atoms with Gasteiger partial charge in [0, 0.05) is 6.42 Å². The second kappa shape index (κ2) is 43.5. The summed E-state index contributed by atoms with van der Waals surface area (Å²) in [6.07, 6.45) is 51.0. The Hall–Kier alpha value is -0.760. The molecule has 0 aliphatic rings. The summed E-state index contributed by atoms with van der Waals surface area (Å²) in [5, 5.41) is 14.0. The van der Waals surface area contributed by atoms with Crippen molar-refractivity contribution in [1.29, 1.82) is 0 Å². The number of rotatable bonds is 48. The average molecular weight is 872 g/mol. The third-order valence-corrected chi connectivity index (χ3v) is 13.0. The van der Waals surface area contributed by atoms with E-state index in [1.807, 2.05) is 21.1 Å². The second-order valence-corrected chi connectivity index (χ2v) is 20.7. The Balaban J connectivity index is 4.24. The molecule has 0 aromatic carbocycles. The summed E-state index contributed by atoms with van der Waals surface area (Å²) >= 11 is 0. The van der Waals surface area contributed by atoms with Crippen LogP contribution in [0, 0.1) is 0 Å². The highest BCUT2D eigenvalue weighted by Gasteiger charge is 2.28. The molecule has 0 saturated heterocycles. The largest absolute Gasteiger partial charge is 0.472 e. The van der Waals surface area contributed by atoms with Crippen molar-refractivity contribution in [2.45, 2.75) is 270 Å². The number of hydrogen-bond donors (Lipinski definition) is 3. The molecule has 358 valence electrons. The number of hydrogen-bond acceptors (Lipinski definition) is 5. The number of carbonyl (C=O) groups is 1. The fourth-order valence-electron chi connectivity index (χ4n) is 7.87. The van der Waals surface area contributed by atoms with E-state index in [0.29, 0.717) is 23.9 Å². The molecular weight excluding hydrogens is 768 g/mol. The minimum Gasteiger partial charge on any atom is -0.391 e. The molecule has 8 nitrogen and oxygen atoms in total. The van der Waals surface area contributed by atoms with Crippen LogP contribution < -0.4 is 5.32 Å². The lowest BCUT2D eigenvalue weighted by atomic mass is 10.0. The number of nitrogens with zero attached hydrogens (tertiary/aromatic N) is 1. The number of unbranched alkanes of at least 4 members (excludes halogenated alkanes) is 33. The summed E-state index contributed by atoms with van der Waals surface area (Å²) in [5.74, 6) is -0.143. The van der Waals surface area contributed by atoms with Crippen molar-refractivity contribution in [3.05, 3.63) is 12.2 Å². The number of allylic oxidation sites excluding steroid dienone is 2. The van der Waals surface area contributed by atoms with Gasteiger partial charge >= 0.3 is 7.82 Å². The first-order chi connectivity index (χ1) is 29.0. The molecule has 0 fully saturated rings. The number of phosphoric ester groups is 1. The van der Waals surface area contributed by atoms with Crippen molar-refractivity contribution in [2.24, 2.45) is 0 Å². The van der Waals surface area contributed by atoms with E-state index in [1.54, 1.807) is 0 Å². The zero-order valence-corrected chi connectivity index (χ0v) is 41.6. The molecule has 0 saturated carbocycles. The van der Waals surface area contributed by atoms with Crippen molar-refractivity contribution in [1.82, 2.24) is 5.32 Å². The van der Waals surface area contributed by atoms with E-state index in [9.17, 15) is 19.4 Å². The van der Waals surface area contributed by atoms with Gasteiger partial charge in [-0.1, -0.05) is 225 Å². The van der Waals surface area contributed by atoms with Gasteiger partial charge in [0.25, 0.3) is 0 Å². The van der Waals surface area contributed by atoms with Crippen molar-refractivity contribution in [2.75, 3.05) is 40.9 Å². The van der Waals surface area contributed by atoms with Gasteiger partial charge in [-0.25, -0.2) is 4.57 Å². The van der Waals surface area contributed by atoms with Crippen LogP contribution in [-0.2, 0) is 18.4 Å². The van der Waals surface area contributed by atoms with Gasteiger partial charge in [-0.15, -0.1) is 0 Å². The molecule has 60 heavy (non-hydrogen) atoms. The maximum absolute atomic E-state index is 12.9. The highest BCUT2D eigenvalue weighted by molar-refractivity contribution is 7.47. The first-order valence-electron chi connectivity index (χ1n) is 26.1. The first-order valence-corrected chi connectivity index (χ1v) is 27.5. The molecule has 0 bridgehead atoms. The van der Waals surface area contributed by atoms with E-state index >= 15 is 0 Å². The lowest BCUT2D eigenvalue weighted by Gasteiger charge is -2.26. The highest BCUT2D eigenvalue weighted by Crippen LogP contribution is 2.43. The number of aliphatic hydroxyl groups excluding tert-OH is 1. The maximum atomic E-state index is 12.9. The number of likely N-dealkylation sites (N-methyl/N-ethyl adjacent to an activating group) is 1. The molecule has 0 aliphatic heterocycles. The Kier molecular flexibility index (Phi) is 42.9. The SMILES string of the molecule is CCCCCCCC/C=C\CCCCCCCCCCCC(=O)NC(COP(=O)(O)OCC[N+](C)(C)C)C(O)CCCCCCCCCCCCCCCCCCCCC. The minimum atomic E-state index is -4.32. The van der Waals surface area contributed by atoms with E-state index in [-0.39, 0.29) is 19.1 Å². The van der Waals surface area contributed by atoms with Crippen molar-refractivity contribution < 1.29 is 32.9 Å². The van der Waals surface area contributed by atoms with Crippen LogP contribution in [0.4, 0.5) is 0 Å². The van der Waals surface area contributed by atoms with E-state index in [2.05, 4.69) is 31.3 Å². The number of quaternary nitrogens is 1. The Morgan fingerprint density at radius 3 is 1.28 bits per heavy atom. The molecule has 0 radical (unpaired) electrons. The Labute approximate surface area is 373 Å². The maximum Gasteiger partial charge on any atom is 0.472 e. The number of amides is 1. The summed E-state index contributed by atoms with van der Waals surface area (Å²) in [6.45, 7) is 4.92. The predicted molar refractivity (Wildman–Crippen MR) is 259 cm³/mol. The fourth-order valence-corrected chi connectivity index (χ4v) is 8.60. The van der Waals surface area contributed by atoms with Crippen molar-refractivity contribution in [3.8, 4) is 0 Å². The molecule has 9 heteroatoms. The Morgan fingerprint density at radius 2 is 0.900 bits per heavy atom. The average Bonchev–Trinajstić information content (AvgIpc) is 3.20. The summed E-state index contributed by atoms with van der Waals surface area (Å²) in [6, 6.07) is -0.758. The van der Waals surface area contributed by atoms with E-state index < -0.39 is 20.0 Å². The van der Waals surface area contributed by atoms with Gasteiger partial charge in [0.1, 0.15) is 13.2 Å². The van der Waals surface area contributed by atoms with Crippen LogP contribution in [0.15, 0.2) is 12.2 Å². The van der Waals surface area contributed by atoms with E-state index in [0.717, 1.165) is 38.5 Å². The number of carbonyl (C=O) groups excluding carboxylic acids is 1. The Morgan fingerprint density at radius 1 is 0.550 bits per heavy atom. The predicted octanol–water partition coefficient (Wildman–Crippen LogP) is 15.1. The van der Waals surface area contributed by atoms with Gasteiger partial charge in [-0.2, -0.15) is 0 Å². The molecule has 3 N–H and O–H groups in total. The topological polar surface area (TPSA) is 105 Å². The zero-order valence-electron chi connectivity index (χ0n) is 40.7. The summed E-state index contributed by atoms with van der Waals surface area (Å²) in [7, 11) is 1.63. The molecule has 0 aromatic heterocycles. The van der Waals surface area contributed by atoms with Gasteiger partial charge in [-0.05, 0) is 38.5 Å².